The van der Waals surface area contributed by atoms with E-state index in [1.54, 1.807) is 0 Å². The molecule has 0 saturated heterocycles. The molecule has 0 aliphatic heterocycles. The normalized spacial score (nSPS) is 13.7. The first-order chi connectivity index (χ1) is 10.8. The van der Waals surface area contributed by atoms with E-state index in [9.17, 15) is 9.90 Å². The molecule has 1 rings (SSSR count). The maximum Gasteiger partial charge on any atom is 0.358 e. The van der Waals surface area contributed by atoms with Gasteiger partial charge in [-0.05, 0) is 18.0 Å². The Morgan fingerprint density at radius 1 is 1.26 bits per heavy atom. The third-order valence-electron chi connectivity index (χ3n) is 2.52. The summed E-state index contributed by atoms with van der Waals surface area (Å²) in [5.74, 6) is -0.704. The third-order valence-corrected chi connectivity index (χ3v) is 3.77. The van der Waals surface area contributed by atoms with Crippen molar-refractivity contribution >= 4 is 52.4 Å². The van der Waals surface area contributed by atoms with Gasteiger partial charge in [-0.25, -0.2) is 14.8 Å². The minimum absolute atomic E-state index is 0.0248. The number of aliphatic hydroxyl groups excluding tert-OH is 1. The minimum Gasteiger partial charge on any atom is -0.461 e. The van der Waals surface area contributed by atoms with Crippen LogP contribution >= 0.6 is 46.4 Å². The second-order valence-electron chi connectivity index (χ2n) is 4.48. The molecule has 2 atom stereocenters. The van der Waals surface area contributed by atoms with Crippen LogP contribution in [0.25, 0.3) is 0 Å². The predicted molar refractivity (Wildman–Crippen MR) is 87.5 cm³/mol. The average molecular weight is 407 g/mol. The number of ether oxygens (including phenoxy) is 2. The van der Waals surface area contributed by atoms with Crippen molar-refractivity contribution in [3.05, 3.63) is 21.2 Å². The fourth-order valence-electron chi connectivity index (χ4n) is 1.38. The molecule has 0 aliphatic rings. The van der Waals surface area contributed by atoms with Crippen molar-refractivity contribution in [2.75, 3.05) is 25.7 Å². The Morgan fingerprint density at radius 2 is 1.96 bits per heavy atom. The van der Waals surface area contributed by atoms with Gasteiger partial charge in [0.15, 0.2) is 10.8 Å². The molecule has 0 radical (unpaired) electrons. The number of aromatic nitrogens is 2. The average Bonchev–Trinajstić information content (AvgIpc) is 2.50. The second kappa shape index (κ2) is 10.5. The van der Waals surface area contributed by atoms with Crippen LogP contribution in [0.1, 0.15) is 16.9 Å². The van der Waals surface area contributed by atoms with Crippen LogP contribution in [0, 0.1) is 0 Å². The number of rotatable bonds is 9. The van der Waals surface area contributed by atoms with E-state index in [1.807, 2.05) is 0 Å². The molecule has 2 unspecified atom stereocenters. The van der Waals surface area contributed by atoms with Crippen molar-refractivity contribution in [2.24, 2.45) is 5.73 Å². The van der Waals surface area contributed by atoms with E-state index in [0.717, 1.165) is 0 Å². The molecule has 1 aromatic rings. The quantitative estimate of drug-likeness (QED) is 0.279. The van der Waals surface area contributed by atoms with Crippen molar-refractivity contribution in [2.45, 2.75) is 18.6 Å². The summed E-state index contributed by atoms with van der Waals surface area (Å²) in [7, 11) is 0. The number of esters is 1. The van der Waals surface area contributed by atoms with Gasteiger partial charge < -0.3 is 20.3 Å². The van der Waals surface area contributed by atoms with Crippen LogP contribution in [0.2, 0.25) is 15.5 Å². The molecule has 0 fully saturated rings. The highest BCUT2D eigenvalue weighted by atomic mass is 35.5. The van der Waals surface area contributed by atoms with Crippen molar-refractivity contribution in [3.8, 4) is 0 Å². The van der Waals surface area contributed by atoms with E-state index in [1.165, 1.54) is 0 Å². The Kier molecular flexibility index (Phi) is 9.38. The number of hydrogen-bond donors (Lipinski definition) is 2. The van der Waals surface area contributed by atoms with E-state index in [0.29, 0.717) is 6.42 Å². The summed E-state index contributed by atoms with van der Waals surface area (Å²) in [5, 5.41) is 8.72. The summed E-state index contributed by atoms with van der Waals surface area (Å²) in [6, 6.07) is -0.377. The topological polar surface area (TPSA) is 108 Å². The lowest BCUT2D eigenvalue weighted by atomic mass is 10.2. The number of carbonyl (C=O) groups is 1. The lowest BCUT2D eigenvalue weighted by Gasteiger charge is -2.14. The van der Waals surface area contributed by atoms with E-state index < -0.39 is 12.1 Å². The molecule has 0 saturated carbocycles. The standard InChI is InChI=1S/C12H15Cl4N3O4/c13-3-7(20)5-22-4-6(17)1-2-23-11(21)9-8(14)10(15)19-12(16)18-9/h6-7,20H,1-5,17H2. The number of carbonyl (C=O) groups excluding carboxylic acids is 1. The third kappa shape index (κ3) is 7.34. The van der Waals surface area contributed by atoms with Crippen LogP contribution in [0.4, 0.5) is 0 Å². The lowest BCUT2D eigenvalue weighted by molar-refractivity contribution is 0.0332. The van der Waals surface area contributed by atoms with Gasteiger partial charge in [-0.15, -0.1) is 11.6 Å². The summed E-state index contributed by atoms with van der Waals surface area (Å²) in [6.07, 6.45) is -0.400. The lowest BCUT2D eigenvalue weighted by Crippen LogP contribution is -2.30. The van der Waals surface area contributed by atoms with Gasteiger partial charge in [-0.2, -0.15) is 0 Å². The molecule has 3 N–H and O–H groups in total. The van der Waals surface area contributed by atoms with Crippen LogP contribution < -0.4 is 5.73 Å². The SMILES string of the molecule is NC(CCOC(=O)c1nc(Cl)nc(Cl)c1Cl)COCC(O)CCl. The van der Waals surface area contributed by atoms with E-state index in [2.05, 4.69) is 9.97 Å². The van der Waals surface area contributed by atoms with Gasteiger partial charge in [0.25, 0.3) is 0 Å². The van der Waals surface area contributed by atoms with Gasteiger partial charge in [0.05, 0.1) is 31.8 Å². The zero-order chi connectivity index (χ0) is 17.4. The highest BCUT2D eigenvalue weighted by Crippen LogP contribution is 2.24. The minimum atomic E-state index is -0.785. The molecule has 0 amide bonds. The van der Waals surface area contributed by atoms with Crippen LogP contribution in [-0.4, -0.2) is 58.9 Å². The molecule has 1 heterocycles. The summed E-state index contributed by atoms with van der Waals surface area (Å²) in [6.45, 7) is 0.305. The number of aliphatic hydroxyl groups is 1. The van der Waals surface area contributed by atoms with Gasteiger partial charge in [-0.1, -0.05) is 23.2 Å². The van der Waals surface area contributed by atoms with Crippen LogP contribution in [-0.2, 0) is 9.47 Å². The number of alkyl halides is 1. The molecular weight excluding hydrogens is 392 g/mol. The first kappa shape index (κ1) is 20.6. The fourth-order valence-corrected chi connectivity index (χ4v) is 2.02. The maximum absolute atomic E-state index is 11.9. The van der Waals surface area contributed by atoms with Gasteiger partial charge in [0.2, 0.25) is 5.28 Å². The summed E-state index contributed by atoms with van der Waals surface area (Å²) in [4.78, 5) is 19.1. The van der Waals surface area contributed by atoms with Crippen molar-refractivity contribution in [3.63, 3.8) is 0 Å². The smallest absolute Gasteiger partial charge is 0.358 e. The van der Waals surface area contributed by atoms with Gasteiger partial charge in [0.1, 0.15) is 5.02 Å². The van der Waals surface area contributed by atoms with Crippen molar-refractivity contribution in [1.82, 2.24) is 9.97 Å². The van der Waals surface area contributed by atoms with E-state index >= 15 is 0 Å². The molecule has 130 valence electrons. The molecule has 0 aliphatic carbocycles. The number of hydrogen-bond acceptors (Lipinski definition) is 7. The van der Waals surface area contributed by atoms with E-state index in [4.69, 9.17) is 61.6 Å². The molecule has 11 heteroatoms. The van der Waals surface area contributed by atoms with Crippen LogP contribution in [0.3, 0.4) is 0 Å². The first-order valence-corrected chi connectivity index (χ1v) is 8.15. The summed E-state index contributed by atoms with van der Waals surface area (Å²) in [5.41, 5.74) is 5.56. The first-order valence-electron chi connectivity index (χ1n) is 6.48. The molecule has 23 heavy (non-hydrogen) atoms. The fraction of sp³-hybridized carbons (Fsp3) is 0.583. The Balaban J connectivity index is 2.37. The Labute approximate surface area is 153 Å². The molecule has 0 spiro atoms. The highest BCUT2D eigenvalue weighted by molar-refractivity contribution is 6.43. The number of nitrogens with two attached hydrogens (primary N) is 1. The molecule has 1 aromatic heterocycles. The molecule has 0 bridgehead atoms. The second-order valence-corrected chi connectivity index (χ2v) is 5.86. The monoisotopic (exact) mass is 405 g/mol. The van der Waals surface area contributed by atoms with Crippen LogP contribution in [0.5, 0.6) is 0 Å². The predicted octanol–water partition coefficient (Wildman–Crippen LogP) is 1.93. The van der Waals surface area contributed by atoms with Crippen molar-refractivity contribution < 1.29 is 19.4 Å². The number of halogens is 4. The molecule has 7 nitrogen and oxygen atoms in total. The largest absolute Gasteiger partial charge is 0.461 e. The number of nitrogens with zero attached hydrogens (tertiary/aromatic N) is 2. The van der Waals surface area contributed by atoms with Gasteiger partial charge in [0, 0.05) is 6.04 Å². The Hall–Kier alpha value is -0.410. The Bertz CT molecular complexity index is 535. The summed E-state index contributed by atoms with van der Waals surface area (Å²) >= 11 is 22.5. The Morgan fingerprint density at radius 3 is 2.61 bits per heavy atom. The molecular formula is C12H15Cl4N3O4. The molecule has 0 aromatic carbocycles. The highest BCUT2D eigenvalue weighted by Gasteiger charge is 2.19. The van der Waals surface area contributed by atoms with Crippen molar-refractivity contribution in [1.29, 1.82) is 0 Å². The zero-order valence-electron chi connectivity index (χ0n) is 11.8. The van der Waals surface area contributed by atoms with Gasteiger partial charge >= 0.3 is 5.97 Å². The summed E-state index contributed by atoms with van der Waals surface area (Å²) < 4.78 is 10.2. The van der Waals surface area contributed by atoms with Gasteiger partial charge in [-0.3, -0.25) is 0 Å². The van der Waals surface area contributed by atoms with E-state index in [-0.39, 0.29) is 52.9 Å². The van der Waals surface area contributed by atoms with Crippen LogP contribution in [0.15, 0.2) is 0 Å². The zero-order valence-corrected chi connectivity index (χ0v) is 14.9. The maximum atomic E-state index is 11.9.